The van der Waals surface area contributed by atoms with Gasteiger partial charge in [0.2, 0.25) is 0 Å². The standard InChI is InChI=1S/C10H20NO6P/c1-5-15-10(12)6-8-16-18(13,14)17-9-7-11(2,3)4/h5H,1,6-9H2,2-4H3/p+1. The fourth-order valence-electron chi connectivity index (χ4n) is 0.864. The highest BCUT2D eigenvalue weighted by Gasteiger charge is 2.22. The van der Waals surface area contributed by atoms with Crippen LogP contribution in [0.1, 0.15) is 6.42 Å². The van der Waals surface area contributed by atoms with Gasteiger partial charge in [0.05, 0.1) is 40.4 Å². The van der Waals surface area contributed by atoms with Crippen molar-refractivity contribution in [2.24, 2.45) is 0 Å². The van der Waals surface area contributed by atoms with Crippen LogP contribution in [0.5, 0.6) is 0 Å². The van der Waals surface area contributed by atoms with Crippen LogP contribution in [0.3, 0.4) is 0 Å². The van der Waals surface area contributed by atoms with E-state index in [9.17, 15) is 14.3 Å². The second-order valence-electron chi connectivity index (χ2n) is 4.56. The Morgan fingerprint density at radius 1 is 1.33 bits per heavy atom. The molecule has 0 saturated carbocycles. The summed E-state index contributed by atoms with van der Waals surface area (Å²) in [6.45, 7) is 3.61. The van der Waals surface area contributed by atoms with E-state index in [1.165, 1.54) is 0 Å². The SMILES string of the molecule is C=COC(=O)CCOP(=O)(O)OCC[N+](C)(C)C. The van der Waals surface area contributed by atoms with Gasteiger partial charge < -0.3 is 14.1 Å². The third-order valence-corrected chi connectivity index (χ3v) is 2.81. The lowest BCUT2D eigenvalue weighted by atomic mass is 10.5. The van der Waals surface area contributed by atoms with Crippen molar-refractivity contribution >= 4 is 13.8 Å². The predicted molar refractivity (Wildman–Crippen MR) is 65.5 cm³/mol. The van der Waals surface area contributed by atoms with Crippen LogP contribution in [0.2, 0.25) is 0 Å². The zero-order valence-corrected chi connectivity index (χ0v) is 11.9. The first-order valence-electron chi connectivity index (χ1n) is 5.39. The lowest BCUT2D eigenvalue weighted by Gasteiger charge is -2.23. The van der Waals surface area contributed by atoms with E-state index >= 15 is 0 Å². The molecule has 1 unspecified atom stereocenters. The lowest BCUT2D eigenvalue weighted by Crippen LogP contribution is -2.37. The number of carbonyl (C=O) groups excluding carboxylic acids is 1. The summed E-state index contributed by atoms with van der Waals surface area (Å²) < 4.78 is 25.7. The molecule has 106 valence electrons. The Morgan fingerprint density at radius 2 is 1.89 bits per heavy atom. The van der Waals surface area contributed by atoms with Gasteiger partial charge in [0.25, 0.3) is 0 Å². The van der Waals surface area contributed by atoms with E-state index in [0.29, 0.717) is 11.0 Å². The number of likely N-dealkylation sites (N-methyl/N-ethyl adjacent to an activating group) is 1. The average Bonchev–Trinajstić information content (AvgIpc) is 2.14. The Kier molecular flexibility index (Phi) is 7.35. The molecule has 1 atom stereocenters. The first-order valence-corrected chi connectivity index (χ1v) is 6.88. The number of esters is 1. The van der Waals surface area contributed by atoms with E-state index in [0.717, 1.165) is 6.26 Å². The van der Waals surface area contributed by atoms with E-state index in [-0.39, 0.29) is 19.6 Å². The van der Waals surface area contributed by atoms with Gasteiger partial charge in [0.1, 0.15) is 13.2 Å². The van der Waals surface area contributed by atoms with Crippen molar-refractivity contribution in [3.63, 3.8) is 0 Å². The van der Waals surface area contributed by atoms with Gasteiger partial charge in [0.15, 0.2) is 0 Å². The van der Waals surface area contributed by atoms with Crippen molar-refractivity contribution in [2.75, 3.05) is 40.9 Å². The van der Waals surface area contributed by atoms with Crippen LogP contribution in [0.4, 0.5) is 0 Å². The maximum absolute atomic E-state index is 11.4. The van der Waals surface area contributed by atoms with E-state index in [1.54, 1.807) is 0 Å². The van der Waals surface area contributed by atoms with E-state index in [4.69, 9.17) is 4.52 Å². The molecule has 0 radical (unpaired) electrons. The molecule has 18 heavy (non-hydrogen) atoms. The number of hydrogen-bond acceptors (Lipinski definition) is 5. The zero-order chi connectivity index (χ0) is 14.2. The number of nitrogens with zero attached hydrogens (tertiary/aromatic N) is 1. The molecule has 0 amide bonds. The van der Waals surface area contributed by atoms with Crippen molar-refractivity contribution < 1.29 is 32.5 Å². The Hall–Kier alpha value is -0.720. The minimum atomic E-state index is -4.10. The third kappa shape index (κ3) is 10.4. The number of quaternary nitrogens is 1. The van der Waals surface area contributed by atoms with Gasteiger partial charge in [-0.15, -0.1) is 0 Å². The van der Waals surface area contributed by atoms with Gasteiger partial charge in [-0.05, 0) is 0 Å². The highest BCUT2D eigenvalue weighted by Crippen LogP contribution is 2.43. The Bertz CT molecular complexity index is 325. The van der Waals surface area contributed by atoms with Crippen molar-refractivity contribution in [1.82, 2.24) is 0 Å². The number of carbonyl (C=O) groups is 1. The number of ether oxygens (including phenoxy) is 1. The molecule has 0 aromatic rings. The summed E-state index contributed by atoms with van der Waals surface area (Å²) >= 11 is 0. The Balaban J connectivity index is 3.83. The number of rotatable bonds is 9. The molecule has 1 N–H and O–H groups in total. The molecule has 0 aliphatic carbocycles. The zero-order valence-electron chi connectivity index (χ0n) is 11.0. The molecule has 0 saturated heterocycles. The fraction of sp³-hybridized carbons (Fsp3) is 0.700. The summed E-state index contributed by atoms with van der Waals surface area (Å²) in [6, 6.07) is 0. The van der Waals surface area contributed by atoms with Gasteiger partial charge in [0, 0.05) is 0 Å². The highest BCUT2D eigenvalue weighted by atomic mass is 31.2. The van der Waals surface area contributed by atoms with Crippen LogP contribution < -0.4 is 0 Å². The summed E-state index contributed by atoms with van der Waals surface area (Å²) in [5, 5.41) is 0. The average molecular weight is 282 g/mol. The summed E-state index contributed by atoms with van der Waals surface area (Å²) in [7, 11) is 1.69. The van der Waals surface area contributed by atoms with Gasteiger partial charge in [-0.3, -0.25) is 13.8 Å². The van der Waals surface area contributed by atoms with E-state index in [1.807, 2.05) is 21.1 Å². The van der Waals surface area contributed by atoms with Crippen molar-refractivity contribution in [3.05, 3.63) is 12.8 Å². The van der Waals surface area contributed by atoms with Gasteiger partial charge >= 0.3 is 13.8 Å². The Morgan fingerprint density at radius 3 is 2.39 bits per heavy atom. The molecule has 8 heteroatoms. The lowest BCUT2D eigenvalue weighted by molar-refractivity contribution is -0.870. The van der Waals surface area contributed by atoms with Crippen LogP contribution in [0.15, 0.2) is 12.8 Å². The van der Waals surface area contributed by atoms with Gasteiger partial charge in [-0.2, -0.15) is 0 Å². The predicted octanol–water partition coefficient (Wildman–Crippen LogP) is 0.903. The molecule has 0 heterocycles. The molecule has 0 rings (SSSR count). The maximum atomic E-state index is 11.4. The molecule has 0 aromatic heterocycles. The summed E-state index contributed by atoms with van der Waals surface area (Å²) in [6.07, 6.45) is 0.841. The van der Waals surface area contributed by atoms with Crippen molar-refractivity contribution in [1.29, 1.82) is 0 Å². The quantitative estimate of drug-likeness (QED) is 0.293. The largest absolute Gasteiger partial charge is 0.472 e. The summed E-state index contributed by atoms with van der Waals surface area (Å²) in [5.41, 5.74) is 0. The first-order chi connectivity index (χ1) is 8.16. The van der Waals surface area contributed by atoms with Gasteiger partial charge in [-0.1, -0.05) is 6.58 Å². The van der Waals surface area contributed by atoms with Crippen LogP contribution in [-0.4, -0.2) is 56.2 Å². The monoisotopic (exact) mass is 282 g/mol. The van der Waals surface area contributed by atoms with Crippen LogP contribution in [0, 0.1) is 0 Å². The van der Waals surface area contributed by atoms with Crippen LogP contribution in [-0.2, 0) is 23.1 Å². The van der Waals surface area contributed by atoms with Crippen molar-refractivity contribution in [3.8, 4) is 0 Å². The second kappa shape index (κ2) is 7.66. The second-order valence-corrected chi connectivity index (χ2v) is 6.01. The minimum absolute atomic E-state index is 0.0916. The molecule has 0 fully saturated rings. The third-order valence-electron chi connectivity index (χ3n) is 1.79. The molecular weight excluding hydrogens is 261 g/mol. The van der Waals surface area contributed by atoms with Crippen LogP contribution >= 0.6 is 7.82 Å². The molecule has 0 aliphatic rings. The highest BCUT2D eigenvalue weighted by molar-refractivity contribution is 7.47. The molecular formula is C10H21NO6P+. The Labute approximate surface area is 107 Å². The van der Waals surface area contributed by atoms with E-state index in [2.05, 4.69) is 15.8 Å². The maximum Gasteiger partial charge on any atom is 0.472 e. The minimum Gasteiger partial charge on any atom is -0.435 e. The van der Waals surface area contributed by atoms with Gasteiger partial charge in [-0.25, -0.2) is 4.57 Å². The fourth-order valence-corrected chi connectivity index (χ4v) is 1.57. The molecule has 0 bridgehead atoms. The van der Waals surface area contributed by atoms with Crippen LogP contribution in [0.25, 0.3) is 0 Å². The number of phosphoric ester groups is 1. The normalized spacial score (nSPS) is 14.9. The number of hydrogen-bond donors (Lipinski definition) is 1. The van der Waals surface area contributed by atoms with Crippen molar-refractivity contribution in [2.45, 2.75) is 6.42 Å². The molecule has 0 spiro atoms. The summed E-state index contributed by atoms with van der Waals surface area (Å²) in [5.74, 6) is -0.587. The first kappa shape index (κ1) is 17.3. The topological polar surface area (TPSA) is 82.1 Å². The molecule has 0 aromatic carbocycles. The molecule has 7 nitrogen and oxygen atoms in total. The molecule has 0 aliphatic heterocycles. The van der Waals surface area contributed by atoms with E-state index < -0.39 is 13.8 Å². The summed E-state index contributed by atoms with van der Waals surface area (Å²) in [4.78, 5) is 20.2. The smallest absolute Gasteiger partial charge is 0.435 e. The number of phosphoric acid groups is 1.